The summed E-state index contributed by atoms with van der Waals surface area (Å²) in [6.07, 6.45) is 1.87. The highest BCUT2D eigenvalue weighted by molar-refractivity contribution is 7.92. The lowest BCUT2D eigenvalue weighted by Crippen LogP contribution is -2.17. The Morgan fingerprint density at radius 3 is 2.64 bits per heavy atom. The summed E-state index contributed by atoms with van der Waals surface area (Å²) in [5, 5.41) is 0. The fraction of sp³-hybridized carbons (Fsp3) is 0.333. The number of sulfonamides is 1. The number of benzene rings is 2. The molecular formula is C18H20FNO4S. The highest BCUT2D eigenvalue weighted by atomic mass is 32.2. The van der Waals surface area contributed by atoms with Crippen molar-refractivity contribution >= 4 is 15.7 Å². The third-order valence-corrected chi connectivity index (χ3v) is 5.36. The average Bonchev–Trinajstić information content (AvgIpc) is 3.07. The smallest absolute Gasteiger partial charge is 0.261 e. The molecule has 2 aromatic carbocycles. The van der Waals surface area contributed by atoms with Crippen LogP contribution < -0.4 is 9.46 Å². The Labute approximate surface area is 146 Å². The van der Waals surface area contributed by atoms with E-state index in [0.717, 1.165) is 24.5 Å². The zero-order valence-electron chi connectivity index (χ0n) is 13.9. The molecule has 0 spiro atoms. The predicted molar refractivity (Wildman–Crippen MR) is 92.9 cm³/mol. The monoisotopic (exact) mass is 365 g/mol. The maximum Gasteiger partial charge on any atom is 0.261 e. The quantitative estimate of drug-likeness (QED) is 0.851. The fourth-order valence-corrected chi connectivity index (χ4v) is 3.62. The molecule has 0 saturated carbocycles. The SMILES string of the molecule is Cc1ccc(S(=O)(=O)Nc2ccc(OCC3CCCO3)c(F)c2)cc1. The zero-order valence-corrected chi connectivity index (χ0v) is 14.7. The van der Waals surface area contributed by atoms with Gasteiger partial charge in [0.1, 0.15) is 6.61 Å². The summed E-state index contributed by atoms with van der Waals surface area (Å²) in [4.78, 5) is 0.122. The summed E-state index contributed by atoms with van der Waals surface area (Å²) >= 11 is 0. The van der Waals surface area contributed by atoms with Gasteiger partial charge in [0.25, 0.3) is 10.0 Å². The molecule has 0 aliphatic carbocycles. The second kappa shape index (κ2) is 7.41. The van der Waals surface area contributed by atoms with Gasteiger partial charge in [0, 0.05) is 12.7 Å². The number of hydrogen-bond donors (Lipinski definition) is 1. The Balaban J connectivity index is 1.68. The van der Waals surface area contributed by atoms with Crippen molar-refractivity contribution in [3.63, 3.8) is 0 Å². The van der Waals surface area contributed by atoms with Gasteiger partial charge in [-0.15, -0.1) is 0 Å². The Morgan fingerprint density at radius 2 is 2.00 bits per heavy atom. The molecule has 0 aromatic heterocycles. The first-order valence-electron chi connectivity index (χ1n) is 8.07. The first-order valence-corrected chi connectivity index (χ1v) is 9.56. The minimum Gasteiger partial charge on any atom is -0.488 e. The summed E-state index contributed by atoms with van der Waals surface area (Å²) in [6.45, 7) is 2.86. The molecule has 1 saturated heterocycles. The number of aryl methyl sites for hydroxylation is 1. The summed E-state index contributed by atoms with van der Waals surface area (Å²) in [6, 6.07) is 10.4. The summed E-state index contributed by atoms with van der Waals surface area (Å²) in [7, 11) is -3.76. The van der Waals surface area contributed by atoms with Crippen LogP contribution in [0.15, 0.2) is 47.4 Å². The molecule has 0 radical (unpaired) electrons. The maximum atomic E-state index is 14.2. The van der Waals surface area contributed by atoms with Crippen molar-refractivity contribution < 1.29 is 22.3 Å². The Kier molecular flexibility index (Phi) is 5.24. The standard InChI is InChI=1S/C18H20FNO4S/c1-13-4-7-16(8-5-13)25(21,22)20-14-6-9-18(17(19)11-14)24-12-15-3-2-10-23-15/h4-9,11,15,20H,2-3,10,12H2,1H3. The molecule has 1 N–H and O–H groups in total. The first kappa shape index (κ1) is 17.7. The number of rotatable bonds is 6. The van der Waals surface area contributed by atoms with E-state index in [4.69, 9.17) is 9.47 Å². The molecule has 0 amide bonds. The number of anilines is 1. The van der Waals surface area contributed by atoms with E-state index in [1.807, 2.05) is 6.92 Å². The molecule has 134 valence electrons. The molecule has 1 aliphatic rings. The van der Waals surface area contributed by atoms with E-state index in [1.54, 1.807) is 12.1 Å². The molecule has 1 heterocycles. The van der Waals surface area contributed by atoms with Crippen LogP contribution in [0.25, 0.3) is 0 Å². The lowest BCUT2D eigenvalue weighted by Gasteiger charge is -2.13. The Hall–Kier alpha value is -2.12. The van der Waals surface area contributed by atoms with Gasteiger partial charge in [-0.25, -0.2) is 12.8 Å². The van der Waals surface area contributed by atoms with Gasteiger partial charge in [0.05, 0.1) is 16.7 Å². The van der Waals surface area contributed by atoms with Gasteiger partial charge >= 0.3 is 0 Å². The second-order valence-electron chi connectivity index (χ2n) is 6.01. The van der Waals surface area contributed by atoms with Crippen molar-refractivity contribution in [2.24, 2.45) is 0 Å². The molecule has 1 aliphatic heterocycles. The molecule has 0 bridgehead atoms. The molecule has 7 heteroatoms. The van der Waals surface area contributed by atoms with Crippen molar-refractivity contribution in [3.05, 3.63) is 53.8 Å². The van der Waals surface area contributed by atoms with Gasteiger partial charge in [-0.05, 0) is 44.0 Å². The van der Waals surface area contributed by atoms with Crippen LogP contribution in [0.5, 0.6) is 5.75 Å². The lowest BCUT2D eigenvalue weighted by molar-refractivity contribution is 0.0666. The minimum absolute atomic E-state index is 0.0147. The van der Waals surface area contributed by atoms with Gasteiger partial charge < -0.3 is 9.47 Å². The van der Waals surface area contributed by atoms with Crippen LogP contribution in [0.2, 0.25) is 0 Å². The summed E-state index contributed by atoms with van der Waals surface area (Å²) in [5.74, 6) is -0.545. The van der Waals surface area contributed by atoms with Crippen LogP contribution in [-0.4, -0.2) is 27.7 Å². The van der Waals surface area contributed by atoms with Gasteiger partial charge in [-0.3, -0.25) is 4.72 Å². The van der Waals surface area contributed by atoms with Crippen molar-refractivity contribution in [3.8, 4) is 5.75 Å². The normalized spacial score (nSPS) is 17.4. The third-order valence-electron chi connectivity index (χ3n) is 3.96. The largest absolute Gasteiger partial charge is 0.488 e. The van der Waals surface area contributed by atoms with E-state index in [1.165, 1.54) is 24.3 Å². The van der Waals surface area contributed by atoms with E-state index >= 15 is 0 Å². The van der Waals surface area contributed by atoms with Gasteiger partial charge in [-0.2, -0.15) is 0 Å². The van der Waals surface area contributed by atoms with E-state index in [0.29, 0.717) is 6.61 Å². The highest BCUT2D eigenvalue weighted by Crippen LogP contribution is 2.24. The molecular weight excluding hydrogens is 345 g/mol. The fourth-order valence-electron chi connectivity index (χ4n) is 2.57. The van der Waals surface area contributed by atoms with E-state index in [9.17, 15) is 12.8 Å². The number of nitrogens with one attached hydrogen (secondary N) is 1. The number of hydrogen-bond acceptors (Lipinski definition) is 4. The Morgan fingerprint density at radius 1 is 1.24 bits per heavy atom. The van der Waals surface area contributed by atoms with Crippen molar-refractivity contribution in [2.45, 2.75) is 30.8 Å². The third kappa shape index (κ3) is 4.49. The minimum atomic E-state index is -3.76. The molecule has 1 atom stereocenters. The zero-order chi connectivity index (χ0) is 17.9. The molecule has 1 unspecified atom stereocenters. The maximum absolute atomic E-state index is 14.2. The second-order valence-corrected chi connectivity index (χ2v) is 7.69. The van der Waals surface area contributed by atoms with E-state index < -0.39 is 15.8 Å². The first-order chi connectivity index (χ1) is 11.9. The van der Waals surface area contributed by atoms with Gasteiger partial charge in [0.2, 0.25) is 0 Å². The molecule has 5 nitrogen and oxygen atoms in total. The van der Waals surface area contributed by atoms with Gasteiger partial charge in [-0.1, -0.05) is 17.7 Å². The Bertz CT molecular complexity index is 831. The van der Waals surface area contributed by atoms with E-state index in [2.05, 4.69) is 4.72 Å². The van der Waals surface area contributed by atoms with Crippen LogP contribution in [-0.2, 0) is 14.8 Å². The van der Waals surface area contributed by atoms with Crippen molar-refractivity contribution in [1.82, 2.24) is 0 Å². The van der Waals surface area contributed by atoms with E-state index in [-0.39, 0.29) is 29.0 Å². The predicted octanol–water partition coefficient (Wildman–Crippen LogP) is 3.49. The highest BCUT2D eigenvalue weighted by Gasteiger charge is 2.18. The number of ether oxygens (including phenoxy) is 2. The molecule has 3 rings (SSSR count). The van der Waals surface area contributed by atoms with Gasteiger partial charge in [0.15, 0.2) is 11.6 Å². The summed E-state index contributed by atoms with van der Waals surface area (Å²) in [5.41, 5.74) is 1.10. The molecule has 25 heavy (non-hydrogen) atoms. The summed E-state index contributed by atoms with van der Waals surface area (Å²) < 4.78 is 52.0. The van der Waals surface area contributed by atoms with Crippen LogP contribution in [0, 0.1) is 12.7 Å². The topological polar surface area (TPSA) is 64.6 Å². The lowest BCUT2D eigenvalue weighted by atomic mass is 10.2. The van der Waals surface area contributed by atoms with Crippen molar-refractivity contribution in [1.29, 1.82) is 0 Å². The van der Waals surface area contributed by atoms with Crippen molar-refractivity contribution in [2.75, 3.05) is 17.9 Å². The number of halogens is 1. The van der Waals surface area contributed by atoms with Crippen LogP contribution in [0.3, 0.4) is 0 Å². The van der Waals surface area contributed by atoms with Crippen LogP contribution in [0.1, 0.15) is 18.4 Å². The molecule has 2 aromatic rings. The average molecular weight is 365 g/mol. The molecule has 1 fully saturated rings. The van der Waals surface area contributed by atoms with Crippen LogP contribution in [0.4, 0.5) is 10.1 Å². The van der Waals surface area contributed by atoms with Crippen LogP contribution >= 0.6 is 0 Å².